The van der Waals surface area contributed by atoms with Crippen molar-refractivity contribution in [1.82, 2.24) is 5.32 Å². The highest BCUT2D eigenvalue weighted by Gasteiger charge is 2.13. The van der Waals surface area contributed by atoms with Crippen molar-refractivity contribution >= 4 is 27.5 Å². The second-order valence-electron chi connectivity index (χ2n) is 5.14. The topological polar surface area (TPSA) is 41.1 Å². The first-order valence-corrected chi connectivity index (χ1v) is 6.38. The minimum absolute atomic E-state index is 0.00928. The number of carbonyl (C=O) groups excluding carboxylic acids is 1. The molecule has 0 saturated carbocycles. The van der Waals surface area contributed by atoms with Crippen LogP contribution in [0.3, 0.4) is 0 Å². The first kappa shape index (κ1) is 14.0. The molecule has 1 amide bonds. The van der Waals surface area contributed by atoms with Crippen molar-refractivity contribution in [3.63, 3.8) is 0 Å². The van der Waals surface area contributed by atoms with Gasteiger partial charge in [-0.15, -0.1) is 0 Å². The summed E-state index contributed by atoms with van der Waals surface area (Å²) in [5, 5.41) is 6.01. The van der Waals surface area contributed by atoms with Crippen LogP contribution < -0.4 is 10.6 Å². The lowest BCUT2D eigenvalue weighted by atomic mass is 10.1. The molecule has 0 fully saturated rings. The van der Waals surface area contributed by atoms with Gasteiger partial charge in [-0.2, -0.15) is 0 Å². The predicted octanol–water partition coefficient (Wildman–Crippen LogP) is 3.08. The van der Waals surface area contributed by atoms with Crippen molar-refractivity contribution in [2.24, 2.45) is 0 Å². The van der Waals surface area contributed by atoms with Gasteiger partial charge in [0.25, 0.3) is 0 Å². The molecule has 0 radical (unpaired) electrons. The molecule has 2 N–H and O–H groups in total. The average Bonchev–Trinajstić information content (AvgIpc) is 2.13. The van der Waals surface area contributed by atoms with E-state index in [0.717, 1.165) is 10.2 Å². The molecule has 0 aliphatic rings. The van der Waals surface area contributed by atoms with Crippen LogP contribution in [0.5, 0.6) is 0 Å². The van der Waals surface area contributed by atoms with Crippen molar-refractivity contribution < 1.29 is 4.79 Å². The van der Waals surface area contributed by atoms with E-state index in [9.17, 15) is 4.79 Å². The number of amides is 1. The summed E-state index contributed by atoms with van der Waals surface area (Å²) >= 11 is 3.46. The fourth-order valence-electron chi connectivity index (χ4n) is 1.40. The van der Waals surface area contributed by atoms with Gasteiger partial charge >= 0.3 is 0 Å². The highest BCUT2D eigenvalue weighted by atomic mass is 79.9. The van der Waals surface area contributed by atoms with Gasteiger partial charge in [-0.3, -0.25) is 4.79 Å². The van der Waals surface area contributed by atoms with Crippen LogP contribution in [0.4, 0.5) is 5.69 Å². The molecule has 0 aliphatic carbocycles. The molecular formula is C13H19BrN2O. The Morgan fingerprint density at radius 3 is 2.53 bits per heavy atom. The molecule has 94 valence electrons. The first-order valence-electron chi connectivity index (χ1n) is 5.59. The molecule has 0 spiro atoms. The molecule has 1 aromatic carbocycles. The summed E-state index contributed by atoms with van der Waals surface area (Å²) in [5.41, 5.74) is 1.92. The van der Waals surface area contributed by atoms with Crippen molar-refractivity contribution in [2.45, 2.75) is 33.2 Å². The summed E-state index contributed by atoms with van der Waals surface area (Å²) in [6, 6.07) is 5.99. The van der Waals surface area contributed by atoms with Gasteiger partial charge in [-0.1, -0.05) is 6.07 Å². The number of nitrogens with one attached hydrogen (secondary N) is 2. The number of aryl methyl sites for hydroxylation is 1. The third-order valence-electron chi connectivity index (χ3n) is 2.08. The van der Waals surface area contributed by atoms with Crippen LogP contribution in [0, 0.1) is 6.92 Å². The quantitative estimate of drug-likeness (QED) is 0.900. The Kier molecular flexibility index (Phi) is 4.57. The Bertz CT molecular complexity index is 410. The van der Waals surface area contributed by atoms with Gasteiger partial charge in [-0.25, -0.2) is 0 Å². The molecule has 1 rings (SSSR count). The number of rotatable bonds is 3. The monoisotopic (exact) mass is 298 g/mol. The lowest BCUT2D eigenvalue weighted by Gasteiger charge is -2.21. The van der Waals surface area contributed by atoms with E-state index in [4.69, 9.17) is 0 Å². The Hall–Kier alpha value is -1.03. The van der Waals surface area contributed by atoms with Crippen molar-refractivity contribution in [2.75, 3.05) is 11.9 Å². The van der Waals surface area contributed by atoms with Crippen molar-refractivity contribution in [1.29, 1.82) is 0 Å². The summed E-state index contributed by atoms with van der Waals surface area (Å²) in [5.74, 6) is -0.00928. The molecule has 0 heterocycles. The SMILES string of the molecule is Cc1ccc(NCC(=O)NC(C)(C)C)c(Br)c1. The zero-order chi connectivity index (χ0) is 13.1. The van der Waals surface area contributed by atoms with Gasteiger partial charge in [0.2, 0.25) is 5.91 Å². The summed E-state index contributed by atoms with van der Waals surface area (Å²) in [7, 11) is 0. The zero-order valence-electron chi connectivity index (χ0n) is 10.7. The molecule has 0 aromatic heterocycles. The smallest absolute Gasteiger partial charge is 0.239 e. The Balaban J connectivity index is 2.53. The number of benzene rings is 1. The summed E-state index contributed by atoms with van der Waals surface area (Å²) in [6.45, 7) is 8.20. The second kappa shape index (κ2) is 5.54. The van der Waals surface area contributed by atoms with Crippen LogP contribution in [0.2, 0.25) is 0 Å². The fourth-order valence-corrected chi connectivity index (χ4v) is 2.03. The van der Waals surface area contributed by atoms with Gasteiger partial charge in [0.05, 0.1) is 6.54 Å². The van der Waals surface area contributed by atoms with E-state index in [-0.39, 0.29) is 18.0 Å². The van der Waals surface area contributed by atoms with Gasteiger partial charge in [0.15, 0.2) is 0 Å². The number of halogens is 1. The van der Waals surface area contributed by atoms with E-state index in [0.29, 0.717) is 0 Å². The average molecular weight is 299 g/mol. The van der Waals surface area contributed by atoms with Crippen LogP contribution in [0.15, 0.2) is 22.7 Å². The molecule has 3 nitrogen and oxygen atoms in total. The third-order valence-corrected chi connectivity index (χ3v) is 2.73. The maximum Gasteiger partial charge on any atom is 0.239 e. The van der Waals surface area contributed by atoms with Crippen LogP contribution in [-0.2, 0) is 4.79 Å². The molecule has 0 aliphatic heterocycles. The molecule has 0 unspecified atom stereocenters. The molecule has 17 heavy (non-hydrogen) atoms. The fraction of sp³-hybridized carbons (Fsp3) is 0.462. The Morgan fingerprint density at radius 1 is 1.35 bits per heavy atom. The summed E-state index contributed by atoms with van der Waals surface area (Å²) in [4.78, 5) is 11.6. The standard InChI is InChI=1S/C13H19BrN2O/c1-9-5-6-11(10(14)7-9)15-8-12(17)16-13(2,3)4/h5-7,15H,8H2,1-4H3,(H,16,17). The third kappa shape index (κ3) is 5.22. The number of hydrogen-bond acceptors (Lipinski definition) is 2. The molecular weight excluding hydrogens is 280 g/mol. The molecule has 0 atom stereocenters. The summed E-state index contributed by atoms with van der Waals surface area (Å²) < 4.78 is 0.973. The van der Waals surface area contributed by atoms with Gasteiger partial charge in [0.1, 0.15) is 0 Å². The highest BCUT2D eigenvalue weighted by Crippen LogP contribution is 2.22. The van der Waals surface area contributed by atoms with E-state index in [1.165, 1.54) is 5.56 Å². The van der Waals surface area contributed by atoms with E-state index in [2.05, 4.69) is 26.6 Å². The largest absolute Gasteiger partial charge is 0.375 e. The maximum atomic E-state index is 11.6. The minimum atomic E-state index is -0.191. The van der Waals surface area contributed by atoms with Crippen LogP contribution in [0.1, 0.15) is 26.3 Å². The number of carbonyl (C=O) groups is 1. The van der Waals surface area contributed by atoms with E-state index in [1.54, 1.807) is 0 Å². The highest BCUT2D eigenvalue weighted by molar-refractivity contribution is 9.10. The number of hydrogen-bond donors (Lipinski definition) is 2. The maximum absolute atomic E-state index is 11.6. The summed E-state index contributed by atoms with van der Waals surface area (Å²) in [6.07, 6.45) is 0. The van der Waals surface area contributed by atoms with Crippen molar-refractivity contribution in [3.8, 4) is 0 Å². The predicted molar refractivity (Wildman–Crippen MR) is 75.3 cm³/mol. The first-order chi connectivity index (χ1) is 7.78. The molecule has 4 heteroatoms. The molecule has 0 saturated heterocycles. The van der Waals surface area contributed by atoms with Crippen LogP contribution >= 0.6 is 15.9 Å². The lowest BCUT2D eigenvalue weighted by molar-refractivity contribution is -0.120. The van der Waals surface area contributed by atoms with E-state index < -0.39 is 0 Å². The van der Waals surface area contributed by atoms with E-state index >= 15 is 0 Å². The normalized spacial score (nSPS) is 11.1. The van der Waals surface area contributed by atoms with Crippen LogP contribution in [0.25, 0.3) is 0 Å². The zero-order valence-corrected chi connectivity index (χ0v) is 12.3. The second-order valence-corrected chi connectivity index (χ2v) is 5.99. The van der Waals surface area contributed by atoms with Gasteiger partial charge in [-0.05, 0) is 61.3 Å². The van der Waals surface area contributed by atoms with Gasteiger partial charge < -0.3 is 10.6 Å². The van der Waals surface area contributed by atoms with Gasteiger partial charge in [0, 0.05) is 15.7 Å². The Morgan fingerprint density at radius 2 is 2.00 bits per heavy atom. The minimum Gasteiger partial charge on any atom is -0.375 e. The lowest BCUT2D eigenvalue weighted by Crippen LogP contribution is -2.43. The Labute approximate surface area is 111 Å². The molecule has 0 bridgehead atoms. The van der Waals surface area contributed by atoms with Crippen molar-refractivity contribution in [3.05, 3.63) is 28.2 Å². The number of anilines is 1. The van der Waals surface area contributed by atoms with E-state index in [1.807, 2.05) is 45.9 Å². The van der Waals surface area contributed by atoms with Crippen LogP contribution in [-0.4, -0.2) is 18.0 Å². The molecule has 1 aromatic rings.